The van der Waals surface area contributed by atoms with E-state index in [1.165, 1.54) is 11.1 Å². The van der Waals surface area contributed by atoms with E-state index in [9.17, 15) is 9.59 Å². The molecule has 6 nitrogen and oxygen atoms in total. The molecule has 0 radical (unpaired) electrons. The highest BCUT2D eigenvalue weighted by molar-refractivity contribution is 5.89. The molecule has 2 aliphatic rings. The normalized spacial score (nSPS) is 19.8. The van der Waals surface area contributed by atoms with Gasteiger partial charge in [-0.1, -0.05) is 42.5 Å². The number of hydrogen-bond acceptors (Lipinski definition) is 4. The van der Waals surface area contributed by atoms with Crippen LogP contribution in [0.5, 0.6) is 5.75 Å². The Hall–Kier alpha value is -2.86. The van der Waals surface area contributed by atoms with Crippen LogP contribution in [0.4, 0.5) is 0 Å². The summed E-state index contributed by atoms with van der Waals surface area (Å²) in [5.74, 6) is 0.916. The predicted octanol–water partition coefficient (Wildman–Crippen LogP) is 2.82. The Bertz CT molecular complexity index is 900. The molecular formula is C26H33N3O3. The van der Waals surface area contributed by atoms with Crippen LogP contribution < -0.4 is 4.74 Å². The maximum Gasteiger partial charge on any atom is 0.228 e. The first kappa shape index (κ1) is 22.3. The number of nitrogens with zero attached hydrogens (tertiary/aromatic N) is 3. The van der Waals surface area contributed by atoms with E-state index in [0.717, 1.165) is 51.3 Å². The minimum Gasteiger partial charge on any atom is -0.497 e. The number of benzene rings is 2. The molecule has 0 aromatic heterocycles. The van der Waals surface area contributed by atoms with Crippen molar-refractivity contribution >= 4 is 11.8 Å². The van der Waals surface area contributed by atoms with Gasteiger partial charge in [0.05, 0.1) is 13.0 Å². The maximum absolute atomic E-state index is 13.2. The molecule has 0 spiro atoms. The second kappa shape index (κ2) is 10.6. The number of ether oxygens (including phenoxy) is 1. The molecule has 1 unspecified atom stereocenters. The van der Waals surface area contributed by atoms with Crippen LogP contribution in [0.15, 0.2) is 54.6 Å². The van der Waals surface area contributed by atoms with Gasteiger partial charge in [-0.2, -0.15) is 0 Å². The number of hydrogen-bond donors (Lipinski definition) is 0. The zero-order valence-electron chi connectivity index (χ0n) is 18.9. The van der Waals surface area contributed by atoms with Gasteiger partial charge in [0.15, 0.2) is 0 Å². The average Bonchev–Trinajstić information content (AvgIpc) is 3.04. The zero-order valence-corrected chi connectivity index (χ0v) is 18.9. The van der Waals surface area contributed by atoms with Crippen molar-refractivity contribution in [1.29, 1.82) is 0 Å². The average molecular weight is 436 g/mol. The lowest BCUT2D eigenvalue weighted by molar-refractivity contribution is -0.135. The van der Waals surface area contributed by atoms with E-state index < -0.39 is 0 Å². The summed E-state index contributed by atoms with van der Waals surface area (Å²) >= 11 is 0. The molecule has 170 valence electrons. The first-order valence-corrected chi connectivity index (χ1v) is 11.6. The van der Waals surface area contributed by atoms with Crippen molar-refractivity contribution in [3.8, 4) is 5.75 Å². The molecule has 6 heteroatoms. The minimum atomic E-state index is -0.202. The summed E-state index contributed by atoms with van der Waals surface area (Å²) in [6, 6.07) is 18.4. The lowest BCUT2D eigenvalue weighted by Crippen LogP contribution is -2.40. The Kier molecular flexibility index (Phi) is 7.43. The topological polar surface area (TPSA) is 53.1 Å². The van der Waals surface area contributed by atoms with E-state index in [-0.39, 0.29) is 17.7 Å². The fourth-order valence-corrected chi connectivity index (χ4v) is 4.66. The Morgan fingerprint density at radius 2 is 1.75 bits per heavy atom. The SMILES string of the molecule is COc1ccc(CN2CCCN(C(=O)C3CC(=O)N(CCc4ccccc4)C3)CC2)cc1. The first-order valence-electron chi connectivity index (χ1n) is 11.6. The van der Waals surface area contributed by atoms with Gasteiger partial charge in [0.2, 0.25) is 11.8 Å². The zero-order chi connectivity index (χ0) is 22.3. The third kappa shape index (κ3) is 5.68. The summed E-state index contributed by atoms with van der Waals surface area (Å²) < 4.78 is 5.24. The fourth-order valence-electron chi connectivity index (χ4n) is 4.66. The molecule has 1 atom stereocenters. The summed E-state index contributed by atoms with van der Waals surface area (Å²) in [6.07, 6.45) is 2.14. The van der Waals surface area contributed by atoms with E-state index in [4.69, 9.17) is 4.74 Å². The van der Waals surface area contributed by atoms with Crippen molar-refractivity contribution in [2.45, 2.75) is 25.8 Å². The van der Waals surface area contributed by atoms with E-state index in [2.05, 4.69) is 29.2 Å². The third-order valence-electron chi connectivity index (χ3n) is 6.54. The Morgan fingerprint density at radius 1 is 0.969 bits per heavy atom. The van der Waals surface area contributed by atoms with Crippen LogP contribution in [0.2, 0.25) is 0 Å². The van der Waals surface area contributed by atoms with Crippen LogP contribution in [0.25, 0.3) is 0 Å². The smallest absolute Gasteiger partial charge is 0.228 e. The van der Waals surface area contributed by atoms with Gasteiger partial charge in [0.1, 0.15) is 5.75 Å². The van der Waals surface area contributed by atoms with Gasteiger partial charge in [-0.25, -0.2) is 0 Å². The van der Waals surface area contributed by atoms with Crippen molar-refractivity contribution in [1.82, 2.24) is 14.7 Å². The van der Waals surface area contributed by atoms with Crippen molar-refractivity contribution < 1.29 is 14.3 Å². The summed E-state index contributed by atoms with van der Waals surface area (Å²) in [7, 11) is 1.68. The number of carbonyl (C=O) groups excluding carboxylic acids is 2. The van der Waals surface area contributed by atoms with Crippen molar-refractivity contribution in [3.63, 3.8) is 0 Å². The molecule has 2 saturated heterocycles. The highest BCUT2D eigenvalue weighted by Crippen LogP contribution is 2.22. The van der Waals surface area contributed by atoms with E-state index in [1.807, 2.05) is 40.1 Å². The molecule has 32 heavy (non-hydrogen) atoms. The van der Waals surface area contributed by atoms with Gasteiger partial charge in [-0.3, -0.25) is 14.5 Å². The standard InChI is InChI=1S/C26H33N3O3/c1-32-24-10-8-22(9-11-24)19-27-13-5-14-28(17-16-27)26(31)23-18-25(30)29(20-23)15-12-21-6-3-2-4-7-21/h2-4,6-11,23H,5,12-20H2,1H3. The molecule has 0 N–H and O–H groups in total. The molecule has 4 rings (SSSR count). The highest BCUT2D eigenvalue weighted by atomic mass is 16.5. The third-order valence-corrected chi connectivity index (χ3v) is 6.54. The second-order valence-corrected chi connectivity index (χ2v) is 8.78. The molecule has 2 aliphatic heterocycles. The molecule has 2 fully saturated rings. The largest absolute Gasteiger partial charge is 0.497 e. The first-order chi connectivity index (χ1) is 15.6. The van der Waals surface area contributed by atoms with E-state index in [0.29, 0.717) is 19.5 Å². The lowest BCUT2D eigenvalue weighted by atomic mass is 10.1. The number of amides is 2. The second-order valence-electron chi connectivity index (χ2n) is 8.78. The van der Waals surface area contributed by atoms with Crippen molar-refractivity contribution in [2.24, 2.45) is 5.92 Å². The quantitative estimate of drug-likeness (QED) is 0.671. The number of rotatable bonds is 7. The monoisotopic (exact) mass is 435 g/mol. The fraction of sp³-hybridized carbons (Fsp3) is 0.462. The number of methoxy groups -OCH3 is 1. The van der Waals surface area contributed by atoms with E-state index in [1.54, 1.807) is 7.11 Å². The van der Waals surface area contributed by atoms with Crippen LogP contribution in [-0.4, -0.2) is 72.9 Å². The van der Waals surface area contributed by atoms with Gasteiger partial charge in [0, 0.05) is 52.2 Å². The van der Waals surface area contributed by atoms with Crippen LogP contribution in [0, 0.1) is 5.92 Å². The van der Waals surface area contributed by atoms with Gasteiger partial charge < -0.3 is 14.5 Å². The number of likely N-dealkylation sites (tertiary alicyclic amines) is 1. The Labute approximate surface area is 190 Å². The number of carbonyl (C=O) groups is 2. The minimum absolute atomic E-state index is 0.107. The van der Waals surface area contributed by atoms with Gasteiger partial charge in [-0.05, 0) is 36.1 Å². The van der Waals surface area contributed by atoms with Crippen molar-refractivity contribution in [2.75, 3.05) is 46.4 Å². The van der Waals surface area contributed by atoms with Crippen LogP contribution >= 0.6 is 0 Å². The summed E-state index contributed by atoms with van der Waals surface area (Å²) in [5.41, 5.74) is 2.47. The molecule has 2 aromatic rings. The summed E-state index contributed by atoms with van der Waals surface area (Å²) in [5, 5.41) is 0. The molecule has 2 aromatic carbocycles. The highest BCUT2D eigenvalue weighted by Gasteiger charge is 2.36. The van der Waals surface area contributed by atoms with Gasteiger partial charge in [0.25, 0.3) is 0 Å². The molecule has 2 heterocycles. The molecular weight excluding hydrogens is 402 g/mol. The summed E-state index contributed by atoms with van der Waals surface area (Å²) in [4.78, 5) is 31.9. The predicted molar refractivity (Wildman–Crippen MR) is 124 cm³/mol. The van der Waals surface area contributed by atoms with Crippen LogP contribution in [-0.2, 0) is 22.6 Å². The van der Waals surface area contributed by atoms with Crippen LogP contribution in [0.3, 0.4) is 0 Å². The Balaban J connectivity index is 1.26. The van der Waals surface area contributed by atoms with Crippen molar-refractivity contribution in [3.05, 3.63) is 65.7 Å². The van der Waals surface area contributed by atoms with E-state index >= 15 is 0 Å². The summed E-state index contributed by atoms with van der Waals surface area (Å²) in [6.45, 7) is 5.44. The molecule has 0 aliphatic carbocycles. The Morgan fingerprint density at radius 3 is 2.50 bits per heavy atom. The lowest BCUT2D eigenvalue weighted by Gasteiger charge is -2.24. The molecule has 0 saturated carbocycles. The molecule has 2 amide bonds. The molecule has 0 bridgehead atoms. The van der Waals surface area contributed by atoms with Gasteiger partial charge in [-0.15, -0.1) is 0 Å². The maximum atomic E-state index is 13.2. The van der Waals surface area contributed by atoms with Crippen LogP contribution in [0.1, 0.15) is 24.0 Å². The van der Waals surface area contributed by atoms with Gasteiger partial charge >= 0.3 is 0 Å².